The van der Waals surface area contributed by atoms with Crippen molar-refractivity contribution in [3.05, 3.63) is 23.9 Å². The van der Waals surface area contributed by atoms with Gasteiger partial charge in [-0.25, -0.2) is 4.98 Å². The van der Waals surface area contributed by atoms with Crippen LogP contribution in [0.25, 0.3) is 0 Å². The number of hydrogen-bond donors (Lipinski definition) is 2. The number of guanidine groups is 1. The fraction of sp³-hybridized carbons (Fsp3) is 0.600. The number of unbranched alkanes of at least 4 members (excludes halogenated alkanes) is 1. The zero-order valence-electron chi connectivity index (χ0n) is 13.5. The number of aromatic nitrogens is 1. The summed E-state index contributed by atoms with van der Waals surface area (Å²) in [5.74, 6) is 3.04. The third-order valence-electron chi connectivity index (χ3n) is 3.02. The third kappa shape index (κ3) is 7.22. The lowest BCUT2D eigenvalue weighted by Crippen LogP contribution is -2.37. The smallest absolute Gasteiger partial charge is 0.191 e. The summed E-state index contributed by atoms with van der Waals surface area (Å²) in [6, 6.07) is 4.10. The van der Waals surface area contributed by atoms with E-state index in [4.69, 9.17) is 0 Å². The van der Waals surface area contributed by atoms with E-state index in [0.29, 0.717) is 0 Å². The maximum absolute atomic E-state index is 4.31. The van der Waals surface area contributed by atoms with Gasteiger partial charge in [0.15, 0.2) is 5.96 Å². The lowest BCUT2D eigenvalue weighted by atomic mass is 10.2. The van der Waals surface area contributed by atoms with Crippen LogP contribution < -0.4 is 15.5 Å². The summed E-state index contributed by atoms with van der Waals surface area (Å²) in [4.78, 5) is 10.6. The van der Waals surface area contributed by atoms with Gasteiger partial charge in [-0.05, 0) is 42.5 Å². The molecule has 118 valence electrons. The largest absolute Gasteiger partial charge is 0.363 e. The molecule has 0 bridgehead atoms. The van der Waals surface area contributed by atoms with Crippen molar-refractivity contribution in [3.8, 4) is 0 Å². The Balaban J connectivity index is 2.36. The van der Waals surface area contributed by atoms with Gasteiger partial charge in [-0.3, -0.25) is 4.99 Å². The van der Waals surface area contributed by atoms with Gasteiger partial charge in [0, 0.05) is 40.4 Å². The van der Waals surface area contributed by atoms with E-state index in [9.17, 15) is 0 Å². The average molecular weight is 309 g/mol. The van der Waals surface area contributed by atoms with Crippen LogP contribution in [0.4, 0.5) is 5.82 Å². The highest BCUT2D eigenvalue weighted by atomic mass is 32.2. The van der Waals surface area contributed by atoms with Crippen molar-refractivity contribution in [2.24, 2.45) is 4.99 Å². The molecular formula is C15H27N5S. The molecule has 0 saturated heterocycles. The Bertz CT molecular complexity index is 434. The van der Waals surface area contributed by atoms with Crippen molar-refractivity contribution >= 4 is 23.5 Å². The lowest BCUT2D eigenvalue weighted by Gasteiger charge is -2.14. The van der Waals surface area contributed by atoms with Gasteiger partial charge in [0.25, 0.3) is 0 Å². The topological polar surface area (TPSA) is 52.6 Å². The third-order valence-corrected chi connectivity index (χ3v) is 3.72. The number of anilines is 1. The van der Waals surface area contributed by atoms with Crippen molar-refractivity contribution in [1.29, 1.82) is 0 Å². The van der Waals surface area contributed by atoms with Gasteiger partial charge < -0.3 is 15.5 Å². The Hall–Kier alpha value is -1.43. The Morgan fingerprint density at radius 1 is 1.33 bits per heavy atom. The number of nitrogens with one attached hydrogen (secondary N) is 2. The van der Waals surface area contributed by atoms with E-state index in [2.05, 4.69) is 32.9 Å². The van der Waals surface area contributed by atoms with Crippen LogP contribution in [0.3, 0.4) is 0 Å². The first-order valence-corrected chi connectivity index (χ1v) is 8.62. The van der Waals surface area contributed by atoms with E-state index in [0.717, 1.165) is 24.9 Å². The number of pyridine rings is 1. The molecule has 0 unspecified atom stereocenters. The second-order valence-corrected chi connectivity index (χ2v) is 5.95. The zero-order valence-corrected chi connectivity index (χ0v) is 14.3. The van der Waals surface area contributed by atoms with Crippen molar-refractivity contribution in [1.82, 2.24) is 15.6 Å². The van der Waals surface area contributed by atoms with E-state index in [1.807, 2.05) is 43.0 Å². The van der Waals surface area contributed by atoms with E-state index >= 15 is 0 Å². The highest BCUT2D eigenvalue weighted by Crippen LogP contribution is 2.09. The van der Waals surface area contributed by atoms with Gasteiger partial charge in [0.05, 0.1) is 0 Å². The summed E-state index contributed by atoms with van der Waals surface area (Å²) in [5.41, 5.74) is 1.19. The predicted octanol–water partition coefficient (Wildman–Crippen LogP) is 1.96. The van der Waals surface area contributed by atoms with Crippen LogP contribution >= 0.6 is 11.8 Å². The van der Waals surface area contributed by atoms with Crippen LogP contribution in [-0.4, -0.2) is 50.6 Å². The number of rotatable bonds is 8. The number of nitrogens with zero attached hydrogens (tertiary/aromatic N) is 3. The van der Waals surface area contributed by atoms with Crippen molar-refractivity contribution in [2.45, 2.75) is 19.4 Å². The highest BCUT2D eigenvalue weighted by Gasteiger charge is 2.01. The minimum absolute atomic E-state index is 0.744. The quantitative estimate of drug-likeness (QED) is 0.437. The van der Waals surface area contributed by atoms with Gasteiger partial charge in [-0.1, -0.05) is 0 Å². The molecule has 0 saturated carbocycles. The fourth-order valence-corrected chi connectivity index (χ4v) is 2.29. The van der Waals surface area contributed by atoms with Crippen molar-refractivity contribution in [2.75, 3.05) is 44.6 Å². The molecule has 1 heterocycles. The summed E-state index contributed by atoms with van der Waals surface area (Å²) >= 11 is 1.89. The molecule has 0 aliphatic carbocycles. The van der Waals surface area contributed by atoms with Gasteiger partial charge in [-0.2, -0.15) is 11.8 Å². The first-order valence-electron chi connectivity index (χ1n) is 7.23. The van der Waals surface area contributed by atoms with Gasteiger partial charge in [0.2, 0.25) is 0 Å². The van der Waals surface area contributed by atoms with Crippen LogP contribution in [0.1, 0.15) is 18.4 Å². The number of thioether (sulfide) groups is 1. The minimum Gasteiger partial charge on any atom is -0.363 e. The standard InChI is InChI=1S/C15H27N5S/c1-16-15(18-8-5-6-10-21-4)19-12-13-7-9-17-14(11-13)20(2)3/h7,9,11H,5-6,8,10,12H2,1-4H3,(H2,16,18,19). The monoisotopic (exact) mass is 309 g/mol. The molecule has 1 aromatic heterocycles. The number of hydrogen-bond acceptors (Lipinski definition) is 4. The van der Waals surface area contributed by atoms with E-state index in [1.165, 1.54) is 24.2 Å². The average Bonchev–Trinajstić information content (AvgIpc) is 2.50. The Kier molecular flexibility index (Phi) is 8.66. The molecule has 0 amide bonds. The van der Waals surface area contributed by atoms with Crippen LogP contribution in [0, 0.1) is 0 Å². The van der Waals surface area contributed by atoms with E-state index in [1.54, 1.807) is 7.05 Å². The van der Waals surface area contributed by atoms with Gasteiger partial charge in [0.1, 0.15) is 5.82 Å². The molecule has 0 atom stereocenters. The Morgan fingerprint density at radius 2 is 2.14 bits per heavy atom. The SMILES string of the molecule is CN=C(NCCCCSC)NCc1ccnc(N(C)C)c1. The minimum atomic E-state index is 0.744. The molecule has 0 spiro atoms. The van der Waals surface area contributed by atoms with Gasteiger partial charge in [-0.15, -0.1) is 0 Å². The van der Waals surface area contributed by atoms with Crippen molar-refractivity contribution < 1.29 is 0 Å². The Morgan fingerprint density at radius 3 is 2.81 bits per heavy atom. The molecule has 2 N–H and O–H groups in total. The maximum atomic E-state index is 4.31. The summed E-state index contributed by atoms with van der Waals surface area (Å²) < 4.78 is 0. The molecule has 0 fully saturated rings. The summed E-state index contributed by atoms with van der Waals surface area (Å²) in [6.45, 7) is 1.70. The lowest BCUT2D eigenvalue weighted by molar-refractivity contribution is 0.733. The zero-order chi connectivity index (χ0) is 15.5. The van der Waals surface area contributed by atoms with Crippen LogP contribution in [0.5, 0.6) is 0 Å². The molecule has 1 aromatic rings. The molecule has 0 aromatic carbocycles. The molecular weight excluding hydrogens is 282 g/mol. The molecule has 0 radical (unpaired) electrons. The summed E-state index contributed by atoms with van der Waals surface area (Å²) in [5, 5.41) is 6.67. The molecule has 5 nitrogen and oxygen atoms in total. The highest BCUT2D eigenvalue weighted by molar-refractivity contribution is 7.98. The maximum Gasteiger partial charge on any atom is 0.191 e. The van der Waals surface area contributed by atoms with Crippen LogP contribution in [-0.2, 0) is 6.54 Å². The molecule has 0 aliphatic rings. The molecule has 21 heavy (non-hydrogen) atoms. The molecule has 0 aliphatic heterocycles. The van der Waals surface area contributed by atoms with E-state index < -0.39 is 0 Å². The summed E-state index contributed by atoms with van der Waals surface area (Å²) in [6.07, 6.45) is 6.39. The number of aliphatic imine (C=N–C) groups is 1. The van der Waals surface area contributed by atoms with Crippen LogP contribution in [0.15, 0.2) is 23.3 Å². The fourth-order valence-electron chi connectivity index (χ4n) is 1.80. The first kappa shape index (κ1) is 17.6. The molecule has 1 rings (SSSR count). The second-order valence-electron chi connectivity index (χ2n) is 4.97. The summed E-state index contributed by atoms with van der Waals surface area (Å²) in [7, 11) is 5.79. The van der Waals surface area contributed by atoms with Crippen molar-refractivity contribution in [3.63, 3.8) is 0 Å². The van der Waals surface area contributed by atoms with E-state index in [-0.39, 0.29) is 0 Å². The molecule has 6 heteroatoms. The predicted molar refractivity (Wildman–Crippen MR) is 94.4 cm³/mol. The van der Waals surface area contributed by atoms with Gasteiger partial charge >= 0.3 is 0 Å². The normalized spacial score (nSPS) is 11.3. The van der Waals surface area contributed by atoms with Crippen LogP contribution in [0.2, 0.25) is 0 Å². The Labute approximate surface area is 132 Å². The second kappa shape index (κ2) is 10.3. The first-order chi connectivity index (χ1) is 10.2.